The number of esters is 1. The van der Waals surface area contributed by atoms with Crippen molar-refractivity contribution in [1.82, 2.24) is 0 Å². The van der Waals surface area contributed by atoms with Gasteiger partial charge >= 0.3 is 5.97 Å². The molecule has 0 radical (unpaired) electrons. The first-order chi connectivity index (χ1) is 17.9. The van der Waals surface area contributed by atoms with Crippen LogP contribution in [-0.4, -0.2) is 57.4 Å². The highest BCUT2D eigenvalue weighted by Gasteiger charge is 2.87. The van der Waals surface area contributed by atoms with Crippen LogP contribution in [-0.2, 0) is 14.3 Å². The molecular formula is C33H54O6. The van der Waals surface area contributed by atoms with Gasteiger partial charge in [0, 0.05) is 12.3 Å². The summed E-state index contributed by atoms with van der Waals surface area (Å²) < 4.78 is 12.4. The smallest absolute Gasteiger partial charge is 0.303 e. The average Bonchev–Trinajstić information content (AvgIpc) is 3.30. The molecule has 0 bridgehead atoms. The van der Waals surface area contributed by atoms with E-state index >= 15 is 0 Å². The molecule has 6 aliphatic rings. The van der Waals surface area contributed by atoms with E-state index in [0.717, 1.165) is 32.1 Å². The van der Waals surface area contributed by atoms with Crippen molar-refractivity contribution in [2.45, 2.75) is 143 Å². The van der Waals surface area contributed by atoms with Gasteiger partial charge in [-0.1, -0.05) is 41.5 Å². The average molecular weight is 547 g/mol. The van der Waals surface area contributed by atoms with E-state index in [2.05, 4.69) is 41.5 Å². The molecule has 3 N–H and O–H groups in total. The van der Waals surface area contributed by atoms with Crippen LogP contribution in [0.15, 0.2) is 0 Å². The van der Waals surface area contributed by atoms with Gasteiger partial charge in [0.1, 0.15) is 0 Å². The van der Waals surface area contributed by atoms with E-state index in [4.69, 9.17) is 9.47 Å². The monoisotopic (exact) mass is 546 g/mol. The molecule has 6 rings (SSSR count). The Morgan fingerprint density at radius 3 is 2.21 bits per heavy atom. The maximum atomic E-state index is 12.4. The quantitative estimate of drug-likeness (QED) is 0.426. The first-order valence-corrected chi connectivity index (χ1v) is 15.8. The van der Waals surface area contributed by atoms with Gasteiger partial charge in [-0.05, 0) is 110 Å². The molecule has 0 aromatic rings. The van der Waals surface area contributed by atoms with Crippen LogP contribution in [0.2, 0.25) is 0 Å². The minimum atomic E-state index is -1.25. The van der Waals surface area contributed by atoms with Crippen molar-refractivity contribution in [2.75, 3.05) is 0 Å². The highest BCUT2D eigenvalue weighted by Crippen LogP contribution is 2.91. The first-order valence-electron chi connectivity index (χ1n) is 15.8. The second-order valence-electron chi connectivity index (χ2n) is 16.6. The number of fused-ring (bicyclic) bond motifs is 4. The van der Waals surface area contributed by atoms with Gasteiger partial charge < -0.3 is 24.8 Å². The number of ether oxygens (including phenoxy) is 2. The first kappa shape index (κ1) is 28.4. The number of hydrogen-bond donors (Lipinski definition) is 3. The zero-order valence-electron chi connectivity index (χ0n) is 25.8. The molecule has 5 saturated carbocycles. The predicted molar refractivity (Wildman–Crippen MR) is 149 cm³/mol. The number of carbonyl (C=O) groups excluding carboxylic acids is 1. The molecule has 14 atom stereocenters. The maximum absolute atomic E-state index is 12.4. The largest absolute Gasteiger partial charge is 0.457 e. The molecule has 6 fully saturated rings. The zero-order valence-corrected chi connectivity index (χ0v) is 25.8. The third-order valence-electron chi connectivity index (χ3n) is 14.8. The lowest BCUT2D eigenvalue weighted by molar-refractivity contribution is -0.216. The van der Waals surface area contributed by atoms with Gasteiger partial charge in [-0.15, -0.1) is 0 Å². The van der Waals surface area contributed by atoms with E-state index in [0.29, 0.717) is 24.2 Å². The van der Waals surface area contributed by atoms with Gasteiger partial charge in [-0.25, -0.2) is 0 Å². The summed E-state index contributed by atoms with van der Waals surface area (Å²) in [5.74, 6) is 1.64. The van der Waals surface area contributed by atoms with E-state index in [1.54, 1.807) is 13.8 Å². The second-order valence-corrected chi connectivity index (χ2v) is 16.6. The van der Waals surface area contributed by atoms with E-state index in [1.807, 2.05) is 0 Å². The normalized spacial score (nSPS) is 56.3. The summed E-state index contributed by atoms with van der Waals surface area (Å²) in [6, 6.07) is 0. The van der Waals surface area contributed by atoms with Gasteiger partial charge in [0.05, 0.1) is 30.0 Å². The van der Waals surface area contributed by atoms with Crippen molar-refractivity contribution in [3.05, 3.63) is 0 Å². The molecule has 39 heavy (non-hydrogen) atoms. The van der Waals surface area contributed by atoms with Crippen molar-refractivity contribution in [3.63, 3.8) is 0 Å². The molecule has 1 aliphatic heterocycles. The number of aliphatic hydroxyl groups is 3. The SMILES string of the molecule is CC(=O)O[C@H]([C@H]1C[C@@H](C)[C@@H]2[C@H](O1)[C@H](O)[C@@]1(C)[C@@H]3CC[C@H]4C(C)(C)[C@@H](O)CC[C@@]45[C@@H](C)[C@@]35CC[C@]21C)C(C)(C)O. The van der Waals surface area contributed by atoms with E-state index in [1.165, 1.54) is 13.3 Å². The highest BCUT2D eigenvalue weighted by molar-refractivity contribution is 5.66. The lowest BCUT2D eigenvalue weighted by Crippen LogP contribution is -2.59. The molecule has 1 heterocycles. The summed E-state index contributed by atoms with van der Waals surface area (Å²) in [6.45, 7) is 18.9. The zero-order chi connectivity index (χ0) is 28.7. The number of rotatable bonds is 3. The summed E-state index contributed by atoms with van der Waals surface area (Å²) in [5, 5.41) is 34.4. The van der Waals surface area contributed by atoms with Crippen molar-refractivity contribution in [3.8, 4) is 0 Å². The topological polar surface area (TPSA) is 96.2 Å². The summed E-state index contributed by atoms with van der Waals surface area (Å²) in [6.07, 6.45) is 4.82. The summed E-state index contributed by atoms with van der Waals surface area (Å²) in [7, 11) is 0. The Kier molecular flexibility index (Phi) is 6.00. The van der Waals surface area contributed by atoms with Crippen LogP contribution in [0.5, 0.6) is 0 Å². The van der Waals surface area contributed by atoms with Crippen LogP contribution < -0.4 is 0 Å². The molecule has 5 aliphatic carbocycles. The molecule has 6 heteroatoms. The fraction of sp³-hybridized carbons (Fsp3) is 0.970. The van der Waals surface area contributed by atoms with Gasteiger partial charge in [0.15, 0.2) is 6.10 Å². The van der Waals surface area contributed by atoms with Crippen molar-refractivity contribution >= 4 is 5.97 Å². The third-order valence-corrected chi connectivity index (χ3v) is 14.8. The van der Waals surface area contributed by atoms with Crippen LogP contribution in [0.25, 0.3) is 0 Å². The van der Waals surface area contributed by atoms with Crippen LogP contribution >= 0.6 is 0 Å². The Morgan fingerprint density at radius 2 is 1.59 bits per heavy atom. The summed E-state index contributed by atoms with van der Waals surface area (Å²) in [4.78, 5) is 12.0. The van der Waals surface area contributed by atoms with Crippen molar-refractivity contribution in [1.29, 1.82) is 0 Å². The third kappa shape index (κ3) is 3.16. The van der Waals surface area contributed by atoms with E-state index < -0.39 is 29.9 Å². The molecule has 222 valence electrons. The fourth-order valence-corrected chi connectivity index (χ4v) is 13.1. The standard InChI is InChI=1S/C33H54O6/c1-17-16-20(27(29(6,7)37)38-19(3)34)39-25-24(17)30(8)14-15-33-18(2)32(33)13-12-23(35)28(4,5)21(32)10-11-22(33)31(30,9)26(25)36/h17-18,20-27,35-37H,10-16H2,1-9H3/t17-,18-,20-,21+,22+,23+,24-,25+,26+,27-,30-,31-,32-,33+/m1/s1. The fourth-order valence-electron chi connectivity index (χ4n) is 13.1. The maximum Gasteiger partial charge on any atom is 0.303 e. The Bertz CT molecular complexity index is 1030. The number of hydrogen-bond acceptors (Lipinski definition) is 6. The van der Waals surface area contributed by atoms with Crippen molar-refractivity contribution in [2.24, 2.45) is 56.7 Å². The van der Waals surface area contributed by atoms with Crippen LogP contribution in [0.4, 0.5) is 0 Å². The Labute approximate surface area is 235 Å². The van der Waals surface area contributed by atoms with Crippen LogP contribution in [0.3, 0.4) is 0 Å². The molecule has 0 aromatic carbocycles. The van der Waals surface area contributed by atoms with E-state index in [-0.39, 0.29) is 51.1 Å². The number of carbonyl (C=O) groups is 1. The summed E-state index contributed by atoms with van der Waals surface area (Å²) >= 11 is 0. The molecule has 0 unspecified atom stereocenters. The summed E-state index contributed by atoms with van der Waals surface area (Å²) in [5.41, 5.74) is -1.15. The highest BCUT2D eigenvalue weighted by atomic mass is 16.6. The molecule has 6 nitrogen and oxygen atoms in total. The minimum Gasteiger partial charge on any atom is -0.457 e. The van der Waals surface area contributed by atoms with Crippen molar-refractivity contribution < 1.29 is 29.6 Å². The van der Waals surface area contributed by atoms with Gasteiger partial charge in [-0.2, -0.15) is 0 Å². The minimum absolute atomic E-state index is 0.0525. The molecule has 0 aromatic heterocycles. The lowest BCUT2D eigenvalue weighted by Gasteiger charge is -2.63. The van der Waals surface area contributed by atoms with Gasteiger partial charge in [-0.3, -0.25) is 4.79 Å². The Balaban J connectivity index is 1.37. The second kappa shape index (κ2) is 8.23. The molecule has 2 spiro atoms. The molecule has 1 saturated heterocycles. The van der Waals surface area contributed by atoms with Crippen LogP contribution in [0, 0.1) is 56.7 Å². The molecular weight excluding hydrogens is 492 g/mol. The Morgan fingerprint density at radius 1 is 0.974 bits per heavy atom. The van der Waals surface area contributed by atoms with Gasteiger partial charge in [0.25, 0.3) is 0 Å². The number of aliphatic hydroxyl groups excluding tert-OH is 2. The molecule has 0 amide bonds. The Hall–Kier alpha value is -0.690. The van der Waals surface area contributed by atoms with Gasteiger partial charge in [0.2, 0.25) is 0 Å². The predicted octanol–water partition coefficient (Wildman–Crippen LogP) is 5.11. The van der Waals surface area contributed by atoms with Crippen LogP contribution in [0.1, 0.15) is 107 Å². The van der Waals surface area contributed by atoms with E-state index in [9.17, 15) is 20.1 Å². The lowest BCUT2D eigenvalue weighted by atomic mass is 9.41.